The molecule has 4 aromatic carbocycles. The van der Waals surface area contributed by atoms with Crippen LogP contribution in [0.1, 0.15) is 42.5 Å². The Morgan fingerprint density at radius 1 is 0.889 bits per heavy atom. The molecule has 5 heteroatoms. The van der Waals surface area contributed by atoms with Gasteiger partial charge < -0.3 is 14.6 Å². The van der Waals surface area contributed by atoms with Gasteiger partial charge in [0.25, 0.3) is 0 Å². The number of hydrogen-bond donors (Lipinski definition) is 1. The zero-order chi connectivity index (χ0) is 24.9. The van der Waals surface area contributed by atoms with E-state index in [0.717, 1.165) is 40.4 Å². The van der Waals surface area contributed by atoms with E-state index in [9.17, 15) is 9.90 Å². The first-order chi connectivity index (χ1) is 17.6. The van der Waals surface area contributed by atoms with Crippen molar-refractivity contribution in [1.82, 2.24) is 4.90 Å². The molecule has 1 aliphatic rings. The number of aliphatic carboxylic acids is 1. The van der Waals surface area contributed by atoms with Crippen LogP contribution in [0.4, 0.5) is 0 Å². The molecule has 0 aliphatic carbocycles. The van der Waals surface area contributed by atoms with Crippen molar-refractivity contribution >= 4 is 16.7 Å². The molecule has 1 N–H and O–H groups in total. The van der Waals surface area contributed by atoms with Gasteiger partial charge in [0, 0.05) is 6.54 Å². The van der Waals surface area contributed by atoms with Crippen molar-refractivity contribution in [1.29, 1.82) is 0 Å². The molecule has 2 unspecified atom stereocenters. The molecule has 5 nitrogen and oxygen atoms in total. The summed E-state index contributed by atoms with van der Waals surface area (Å²) in [6.45, 7) is 3.63. The molecule has 1 saturated heterocycles. The van der Waals surface area contributed by atoms with E-state index in [1.165, 1.54) is 0 Å². The van der Waals surface area contributed by atoms with Crippen molar-refractivity contribution in [3.8, 4) is 11.5 Å². The zero-order valence-electron chi connectivity index (χ0n) is 20.5. The summed E-state index contributed by atoms with van der Waals surface area (Å²) in [6, 6.07) is 30.0. The minimum absolute atomic E-state index is 0.208. The Labute approximate surface area is 211 Å². The number of likely N-dealkylation sites (tertiary alicyclic amines) is 1. The van der Waals surface area contributed by atoms with Gasteiger partial charge in [-0.1, -0.05) is 72.8 Å². The van der Waals surface area contributed by atoms with E-state index in [1.807, 2.05) is 67.6 Å². The maximum absolute atomic E-state index is 12.1. The third-order valence-electron chi connectivity index (χ3n) is 6.82. The van der Waals surface area contributed by atoms with Gasteiger partial charge in [-0.2, -0.15) is 0 Å². The van der Waals surface area contributed by atoms with E-state index in [4.69, 9.17) is 9.47 Å². The number of carboxylic acids is 1. The van der Waals surface area contributed by atoms with Crippen molar-refractivity contribution in [3.63, 3.8) is 0 Å². The van der Waals surface area contributed by atoms with Gasteiger partial charge in [0.2, 0.25) is 0 Å². The summed E-state index contributed by atoms with van der Waals surface area (Å²) in [5.74, 6) is 0.576. The molecule has 0 spiro atoms. The summed E-state index contributed by atoms with van der Waals surface area (Å²) in [4.78, 5) is 14.3. The standard InChI is InChI=1S/C31H31NO4/c1-2-35-29-20-26(16-17-28(29)36-21-22-9-4-3-5-10-22)30(32-18-8-13-27(32)31(33)34)25-15-14-23-11-6-7-12-24(23)19-25/h3-7,9-12,14-17,19-20,27,30H,2,8,13,18,21H2,1H3,(H,33,34). The van der Waals surface area contributed by atoms with Gasteiger partial charge in [0.05, 0.1) is 12.6 Å². The summed E-state index contributed by atoms with van der Waals surface area (Å²) in [5, 5.41) is 12.3. The van der Waals surface area contributed by atoms with Gasteiger partial charge in [-0.25, -0.2) is 0 Å². The molecule has 184 valence electrons. The van der Waals surface area contributed by atoms with E-state index in [0.29, 0.717) is 31.1 Å². The summed E-state index contributed by atoms with van der Waals surface area (Å²) < 4.78 is 12.1. The number of carbonyl (C=O) groups is 1. The van der Waals surface area contributed by atoms with Crippen LogP contribution in [-0.2, 0) is 11.4 Å². The van der Waals surface area contributed by atoms with E-state index < -0.39 is 12.0 Å². The summed E-state index contributed by atoms with van der Waals surface area (Å²) in [5.41, 5.74) is 3.15. The molecule has 0 amide bonds. The van der Waals surface area contributed by atoms with Crippen molar-refractivity contribution in [2.75, 3.05) is 13.2 Å². The SMILES string of the molecule is CCOc1cc(C(c2ccc3ccccc3c2)N2CCCC2C(=O)O)ccc1OCc1ccccc1. The number of benzene rings is 4. The molecule has 1 fully saturated rings. The van der Waals surface area contributed by atoms with Gasteiger partial charge >= 0.3 is 5.97 Å². The summed E-state index contributed by atoms with van der Waals surface area (Å²) in [6.07, 6.45) is 1.51. The lowest BCUT2D eigenvalue weighted by atomic mass is 9.94. The van der Waals surface area contributed by atoms with E-state index in [2.05, 4.69) is 35.2 Å². The number of ether oxygens (including phenoxy) is 2. The second-order valence-electron chi connectivity index (χ2n) is 9.16. The molecular weight excluding hydrogens is 450 g/mol. The van der Waals surface area contributed by atoms with Crippen molar-refractivity contribution < 1.29 is 19.4 Å². The highest BCUT2D eigenvalue weighted by molar-refractivity contribution is 5.83. The maximum atomic E-state index is 12.1. The van der Waals surface area contributed by atoms with Crippen LogP contribution in [-0.4, -0.2) is 35.2 Å². The first-order valence-corrected chi connectivity index (χ1v) is 12.5. The minimum atomic E-state index is -0.772. The van der Waals surface area contributed by atoms with Crippen LogP contribution in [0.5, 0.6) is 11.5 Å². The Bertz CT molecular complexity index is 1340. The lowest BCUT2D eigenvalue weighted by Gasteiger charge is -2.32. The second-order valence-corrected chi connectivity index (χ2v) is 9.16. The number of rotatable bonds is 9. The Morgan fingerprint density at radius 3 is 2.39 bits per heavy atom. The third kappa shape index (κ3) is 5.07. The highest BCUT2D eigenvalue weighted by Gasteiger charge is 2.37. The summed E-state index contributed by atoms with van der Waals surface area (Å²) >= 11 is 0. The first kappa shape index (κ1) is 23.9. The van der Waals surface area contributed by atoms with Gasteiger partial charge in [0.15, 0.2) is 11.5 Å². The Kier molecular flexibility index (Phi) is 7.19. The average molecular weight is 482 g/mol. The largest absolute Gasteiger partial charge is 0.490 e. The highest BCUT2D eigenvalue weighted by Crippen LogP contribution is 2.39. The monoisotopic (exact) mass is 481 g/mol. The van der Waals surface area contributed by atoms with Gasteiger partial charge in [-0.05, 0) is 65.4 Å². The molecule has 0 aromatic heterocycles. The molecule has 2 atom stereocenters. The van der Waals surface area contributed by atoms with E-state index in [-0.39, 0.29) is 6.04 Å². The molecule has 5 rings (SSSR count). The van der Waals surface area contributed by atoms with Crippen LogP contribution in [0.25, 0.3) is 10.8 Å². The number of hydrogen-bond acceptors (Lipinski definition) is 4. The Hall–Kier alpha value is -3.83. The smallest absolute Gasteiger partial charge is 0.320 e. The number of nitrogens with zero attached hydrogens (tertiary/aromatic N) is 1. The Balaban J connectivity index is 1.54. The topological polar surface area (TPSA) is 59.0 Å². The van der Waals surface area contributed by atoms with Crippen LogP contribution in [0, 0.1) is 0 Å². The maximum Gasteiger partial charge on any atom is 0.320 e. The van der Waals surface area contributed by atoms with E-state index in [1.54, 1.807) is 0 Å². The average Bonchev–Trinajstić information content (AvgIpc) is 3.39. The fourth-order valence-electron chi connectivity index (χ4n) is 5.13. The van der Waals surface area contributed by atoms with Crippen molar-refractivity contribution in [3.05, 3.63) is 108 Å². The van der Waals surface area contributed by atoms with Crippen molar-refractivity contribution in [2.45, 2.75) is 38.5 Å². The summed E-state index contributed by atoms with van der Waals surface area (Å²) in [7, 11) is 0. The lowest BCUT2D eigenvalue weighted by molar-refractivity contribution is -0.142. The van der Waals surface area contributed by atoms with Crippen LogP contribution in [0.3, 0.4) is 0 Å². The number of fused-ring (bicyclic) bond motifs is 1. The highest BCUT2D eigenvalue weighted by atomic mass is 16.5. The first-order valence-electron chi connectivity index (χ1n) is 12.5. The fraction of sp³-hybridized carbons (Fsp3) is 0.258. The van der Waals surface area contributed by atoms with Gasteiger partial charge in [-0.15, -0.1) is 0 Å². The Morgan fingerprint density at radius 2 is 1.61 bits per heavy atom. The van der Waals surface area contributed by atoms with Gasteiger partial charge in [-0.3, -0.25) is 9.69 Å². The second kappa shape index (κ2) is 10.8. The van der Waals surface area contributed by atoms with Crippen LogP contribution in [0.2, 0.25) is 0 Å². The molecule has 0 saturated carbocycles. The fourth-order valence-corrected chi connectivity index (χ4v) is 5.13. The van der Waals surface area contributed by atoms with Gasteiger partial charge in [0.1, 0.15) is 12.6 Å². The molecular formula is C31H31NO4. The predicted octanol–water partition coefficient (Wildman–Crippen LogP) is 6.46. The predicted molar refractivity (Wildman–Crippen MR) is 142 cm³/mol. The van der Waals surface area contributed by atoms with Crippen LogP contribution >= 0.6 is 0 Å². The normalized spacial score (nSPS) is 16.6. The van der Waals surface area contributed by atoms with E-state index >= 15 is 0 Å². The molecule has 0 bridgehead atoms. The van der Waals surface area contributed by atoms with Crippen molar-refractivity contribution in [2.24, 2.45) is 0 Å². The van der Waals surface area contributed by atoms with Crippen LogP contribution < -0.4 is 9.47 Å². The molecule has 1 heterocycles. The molecule has 4 aromatic rings. The quantitative estimate of drug-likeness (QED) is 0.297. The molecule has 1 aliphatic heterocycles. The molecule has 36 heavy (non-hydrogen) atoms. The zero-order valence-corrected chi connectivity index (χ0v) is 20.5. The number of carboxylic acid groups (broad SMARTS) is 1. The lowest BCUT2D eigenvalue weighted by Crippen LogP contribution is -2.39. The minimum Gasteiger partial charge on any atom is -0.490 e. The third-order valence-corrected chi connectivity index (χ3v) is 6.82. The van der Waals surface area contributed by atoms with Crippen LogP contribution in [0.15, 0.2) is 91.0 Å². The molecule has 0 radical (unpaired) electrons.